The van der Waals surface area contributed by atoms with Crippen LogP contribution in [0.15, 0.2) is 52.2 Å². The molecule has 0 fully saturated rings. The molecule has 1 aliphatic heterocycles. The predicted molar refractivity (Wildman–Crippen MR) is 121 cm³/mol. The number of amides is 1. The van der Waals surface area contributed by atoms with E-state index in [9.17, 15) is 4.79 Å². The third-order valence-corrected chi connectivity index (χ3v) is 7.05. The van der Waals surface area contributed by atoms with Crippen molar-refractivity contribution < 1.29 is 14.3 Å². The minimum absolute atomic E-state index is 0.0154. The number of thioether (sulfide) groups is 1. The Balaban J connectivity index is 1.42. The van der Waals surface area contributed by atoms with Crippen molar-refractivity contribution in [2.45, 2.75) is 30.5 Å². The zero-order chi connectivity index (χ0) is 20.9. The first-order valence-electron chi connectivity index (χ1n) is 9.94. The molecule has 0 saturated heterocycles. The number of nitrogens with zero attached hydrogens (tertiary/aromatic N) is 2. The molecule has 7 heteroatoms. The molecule has 1 aromatic heterocycles. The minimum atomic E-state index is 0.0154. The van der Waals surface area contributed by atoms with Crippen LogP contribution in [0.3, 0.4) is 0 Å². The first-order chi connectivity index (χ1) is 14.6. The number of rotatable bonds is 7. The van der Waals surface area contributed by atoms with Crippen LogP contribution in [-0.2, 0) is 12.3 Å². The first kappa shape index (κ1) is 20.8. The van der Waals surface area contributed by atoms with Crippen molar-refractivity contribution in [1.82, 2.24) is 9.88 Å². The van der Waals surface area contributed by atoms with Gasteiger partial charge in [0.05, 0.1) is 0 Å². The highest BCUT2D eigenvalue weighted by Crippen LogP contribution is 2.34. The lowest BCUT2D eigenvalue weighted by atomic mass is 10.1. The molecule has 1 aliphatic rings. The molecule has 0 spiro atoms. The van der Waals surface area contributed by atoms with Gasteiger partial charge in [0.25, 0.3) is 5.91 Å². The van der Waals surface area contributed by atoms with Gasteiger partial charge in [0.15, 0.2) is 11.5 Å². The quantitative estimate of drug-likeness (QED) is 0.474. The van der Waals surface area contributed by atoms with Crippen LogP contribution in [0.5, 0.6) is 11.5 Å². The summed E-state index contributed by atoms with van der Waals surface area (Å²) in [6.07, 6.45) is 0. The van der Waals surface area contributed by atoms with E-state index < -0.39 is 0 Å². The normalized spacial score (nSPS) is 12.6. The van der Waals surface area contributed by atoms with Gasteiger partial charge in [-0.15, -0.1) is 11.3 Å². The zero-order valence-electron chi connectivity index (χ0n) is 17.1. The summed E-state index contributed by atoms with van der Waals surface area (Å²) in [5, 5.41) is 2.06. The molecular weight excluding hydrogens is 416 g/mol. The minimum Gasteiger partial charge on any atom is -0.486 e. The Labute approximate surface area is 185 Å². The van der Waals surface area contributed by atoms with Crippen LogP contribution in [0.25, 0.3) is 0 Å². The third kappa shape index (κ3) is 4.79. The van der Waals surface area contributed by atoms with E-state index in [2.05, 4.69) is 10.4 Å². The van der Waals surface area contributed by atoms with Crippen LogP contribution in [0.2, 0.25) is 0 Å². The van der Waals surface area contributed by atoms with E-state index in [1.54, 1.807) is 23.1 Å². The summed E-state index contributed by atoms with van der Waals surface area (Å²) >= 11 is 3.39. The number of hydrogen-bond acceptors (Lipinski definition) is 6. The fraction of sp³-hybridized carbons (Fsp3) is 0.304. The Bertz CT molecular complexity index is 1020. The smallest absolute Gasteiger partial charge is 0.254 e. The predicted octanol–water partition coefficient (Wildman–Crippen LogP) is 5.18. The zero-order valence-corrected chi connectivity index (χ0v) is 18.7. The summed E-state index contributed by atoms with van der Waals surface area (Å²) < 4.78 is 12.5. The van der Waals surface area contributed by atoms with Gasteiger partial charge >= 0.3 is 0 Å². The van der Waals surface area contributed by atoms with Crippen LogP contribution >= 0.6 is 23.1 Å². The van der Waals surface area contributed by atoms with Gasteiger partial charge in [-0.1, -0.05) is 36.0 Å². The lowest BCUT2D eigenvalue weighted by Crippen LogP contribution is -2.31. The SMILES string of the molecule is CCN(Cc1cccc2c1OCCO2)C(=O)c1ccc(CSc2nc(C)cs2)cc1. The Morgan fingerprint density at radius 3 is 2.70 bits per heavy atom. The summed E-state index contributed by atoms with van der Waals surface area (Å²) in [6, 6.07) is 13.7. The van der Waals surface area contributed by atoms with Gasteiger partial charge < -0.3 is 14.4 Å². The second-order valence-corrected chi connectivity index (χ2v) is 9.08. The number of para-hydroxylation sites is 1. The maximum atomic E-state index is 13.1. The molecule has 30 heavy (non-hydrogen) atoms. The molecule has 0 saturated carbocycles. The van der Waals surface area contributed by atoms with Crippen molar-refractivity contribution in [3.8, 4) is 11.5 Å². The summed E-state index contributed by atoms with van der Waals surface area (Å²) in [7, 11) is 0. The molecule has 0 bridgehead atoms. The average Bonchev–Trinajstić information content (AvgIpc) is 3.21. The van der Waals surface area contributed by atoms with Gasteiger partial charge in [0.2, 0.25) is 0 Å². The molecule has 5 nitrogen and oxygen atoms in total. The fourth-order valence-electron chi connectivity index (χ4n) is 3.26. The number of ether oxygens (including phenoxy) is 2. The van der Waals surface area contributed by atoms with E-state index >= 15 is 0 Å². The van der Waals surface area contributed by atoms with Gasteiger partial charge in [-0.2, -0.15) is 0 Å². The maximum absolute atomic E-state index is 13.1. The summed E-state index contributed by atoms with van der Waals surface area (Å²) in [6.45, 7) is 6.19. The standard InChI is InChI=1S/C23H24N2O3S2/c1-3-25(13-19-5-4-6-20-21(19)28-12-11-27-20)22(26)18-9-7-17(8-10-18)15-30-23-24-16(2)14-29-23/h4-10,14H,3,11-13,15H2,1-2H3. The van der Waals surface area contributed by atoms with E-state index in [1.165, 1.54) is 5.56 Å². The average molecular weight is 441 g/mol. The maximum Gasteiger partial charge on any atom is 0.254 e. The van der Waals surface area contributed by atoms with Crippen LogP contribution in [0.1, 0.15) is 34.1 Å². The Morgan fingerprint density at radius 2 is 1.97 bits per heavy atom. The lowest BCUT2D eigenvalue weighted by Gasteiger charge is -2.25. The highest BCUT2D eigenvalue weighted by Gasteiger charge is 2.20. The molecule has 2 heterocycles. The number of hydrogen-bond donors (Lipinski definition) is 0. The van der Waals surface area contributed by atoms with Crippen molar-refractivity contribution >= 4 is 29.0 Å². The molecule has 0 aliphatic carbocycles. The van der Waals surface area contributed by atoms with E-state index in [0.717, 1.165) is 32.8 Å². The second-order valence-electron chi connectivity index (χ2n) is 7.00. The van der Waals surface area contributed by atoms with Crippen LogP contribution in [0.4, 0.5) is 0 Å². The molecule has 1 amide bonds. The molecule has 3 aromatic rings. The first-order valence-corrected chi connectivity index (χ1v) is 11.8. The number of carbonyl (C=O) groups is 1. The Morgan fingerprint density at radius 1 is 1.17 bits per heavy atom. The number of carbonyl (C=O) groups excluding carboxylic acids is 1. The summed E-state index contributed by atoms with van der Waals surface area (Å²) in [5.41, 5.74) is 3.89. The van der Waals surface area contributed by atoms with Gasteiger partial charge in [-0.25, -0.2) is 4.98 Å². The molecule has 0 N–H and O–H groups in total. The van der Waals surface area contributed by atoms with Crippen molar-refractivity contribution in [2.75, 3.05) is 19.8 Å². The Kier molecular flexibility index (Phi) is 6.59. The van der Waals surface area contributed by atoms with Crippen molar-refractivity contribution in [2.24, 2.45) is 0 Å². The number of thiazole rings is 1. The molecule has 0 radical (unpaired) electrons. The van der Waals surface area contributed by atoms with E-state index in [0.29, 0.717) is 31.9 Å². The number of fused-ring (bicyclic) bond motifs is 1. The van der Waals surface area contributed by atoms with Crippen LogP contribution in [0, 0.1) is 6.92 Å². The van der Waals surface area contributed by atoms with Gasteiger partial charge in [0, 0.05) is 41.0 Å². The largest absolute Gasteiger partial charge is 0.486 e. The Hall–Kier alpha value is -2.51. The molecule has 156 valence electrons. The number of aromatic nitrogens is 1. The monoisotopic (exact) mass is 440 g/mol. The fourth-order valence-corrected chi connectivity index (χ4v) is 5.07. The van der Waals surface area contributed by atoms with E-state index in [1.807, 2.05) is 61.2 Å². The van der Waals surface area contributed by atoms with Gasteiger partial charge in [-0.05, 0) is 37.6 Å². The van der Waals surface area contributed by atoms with Gasteiger partial charge in [0.1, 0.15) is 17.6 Å². The van der Waals surface area contributed by atoms with Crippen LogP contribution in [-0.4, -0.2) is 35.5 Å². The summed E-state index contributed by atoms with van der Waals surface area (Å²) in [4.78, 5) is 19.4. The van der Waals surface area contributed by atoms with Crippen molar-refractivity contribution in [3.63, 3.8) is 0 Å². The molecular formula is C23H24N2O3S2. The van der Waals surface area contributed by atoms with E-state index in [-0.39, 0.29) is 5.91 Å². The van der Waals surface area contributed by atoms with Crippen molar-refractivity contribution in [1.29, 1.82) is 0 Å². The summed E-state index contributed by atoms with van der Waals surface area (Å²) in [5.74, 6) is 2.35. The van der Waals surface area contributed by atoms with Gasteiger partial charge in [-0.3, -0.25) is 4.79 Å². The van der Waals surface area contributed by atoms with Crippen LogP contribution < -0.4 is 9.47 Å². The lowest BCUT2D eigenvalue weighted by molar-refractivity contribution is 0.0749. The molecule has 2 aromatic carbocycles. The number of aryl methyl sites for hydroxylation is 1. The number of benzene rings is 2. The highest BCUT2D eigenvalue weighted by molar-refractivity contribution is 8.00. The topological polar surface area (TPSA) is 51.7 Å². The van der Waals surface area contributed by atoms with E-state index in [4.69, 9.17) is 9.47 Å². The van der Waals surface area contributed by atoms with Crippen molar-refractivity contribution in [3.05, 3.63) is 70.2 Å². The molecule has 0 atom stereocenters. The second kappa shape index (κ2) is 9.53. The highest BCUT2D eigenvalue weighted by atomic mass is 32.2. The molecule has 4 rings (SSSR count). The third-order valence-electron chi connectivity index (χ3n) is 4.84. The molecule has 0 unspecified atom stereocenters.